The van der Waals surface area contributed by atoms with E-state index in [-0.39, 0.29) is 27.5 Å². The third-order valence-electron chi connectivity index (χ3n) is 4.12. The van der Waals surface area contributed by atoms with Crippen molar-refractivity contribution >= 4 is 21.7 Å². The molecule has 0 aliphatic carbocycles. The van der Waals surface area contributed by atoms with Gasteiger partial charge in [-0.2, -0.15) is 13.4 Å². The van der Waals surface area contributed by atoms with Gasteiger partial charge < -0.3 is 18.1 Å². The zero-order valence-electron chi connectivity index (χ0n) is 16.9. The van der Waals surface area contributed by atoms with Crippen molar-refractivity contribution < 1.29 is 26.5 Å². The van der Waals surface area contributed by atoms with Crippen molar-refractivity contribution in [1.29, 1.82) is 0 Å². The van der Waals surface area contributed by atoms with Crippen molar-refractivity contribution in [3.05, 3.63) is 71.7 Å². The third-order valence-corrected chi connectivity index (χ3v) is 5.51. The van der Waals surface area contributed by atoms with E-state index < -0.39 is 16.0 Å². The van der Waals surface area contributed by atoms with Gasteiger partial charge in [0.25, 0.3) is 5.88 Å². The molecule has 3 aromatic heterocycles. The molecular weight excluding hydrogens is 458 g/mol. The molecule has 4 rings (SSSR count). The van der Waals surface area contributed by atoms with E-state index in [1.54, 1.807) is 49.4 Å². The summed E-state index contributed by atoms with van der Waals surface area (Å²) in [5.74, 6) is 0.463. The second kappa shape index (κ2) is 8.85. The number of methoxy groups -OCH3 is 1. The van der Waals surface area contributed by atoms with E-state index in [1.807, 2.05) is 0 Å². The summed E-state index contributed by atoms with van der Waals surface area (Å²) in [6.07, 6.45) is 2.83. The van der Waals surface area contributed by atoms with Crippen molar-refractivity contribution in [3.63, 3.8) is 0 Å². The third kappa shape index (κ3) is 4.66. The number of rotatable bonds is 7. The van der Waals surface area contributed by atoms with Crippen molar-refractivity contribution in [2.24, 2.45) is 0 Å². The maximum absolute atomic E-state index is 12.8. The highest BCUT2D eigenvalue weighted by Crippen LogP contribution is 2.39. The molecule has 0 aliphatic rings. The average molecular weight is 474 g/mol. The summed E-state index contributed by atoms with van der Waals surface area (Å²) in [7, 11) is -2.85. The summed E-state index contributed by atoms with van der Waals surface area (Å²) in [5, 5.41) is -0.485. The monoisotopic (exact) mass is 473 g/mol. The minimum absolute atomic E-state index is 0.0139. The number of furan rings is 1. The number of aryl methyl sites for hydroxylation is 1. The van der Waals surface area contributed by atoms with E-state index in [0.717, 1.165) is 5.56 Å². The Morgan fingerprint density at radius 2 is 1.84 bits per heavy atom. The molecule has 4 aromatic rings. The minimum Gasteiger partial charge on any atom is -0.497 e. The van der Waals surface area contributed by atoms with Crippen LogP contribution in [0, 0.1) is 6.92 Å². The van der Waals surface area contributed by atoms with Gasteiger partial charge >= 0.3 is 10.1 Å². The molecule has 0 aliphatic heterocycles. The van der Waals surface area contributed by atoms with E-state index in [1.165, 1.54) is 25.6 Å². The zero-order chi connectivity index (χ0) is 22.7. The molecule has 0 N–H and O–H groups in total. The Hall–Kier alpha value is -3.63. The summed E-state index contributed by atoms with van der Waals surface area (Å²) in [5.41, 5.74) is 0.788. The Morgan fingerprint density at radius 3 is 2.53 bits per heavy atom. The first-order valence-electron chi connectivity index (χ1n) is 9.16. The fourth-order valence-electron chi connectivity index (χ4n) is 2.59. The Bertz CT molecular complexity index is 1340. The van der Waals surface area contributed by atoms with Crippen LogP contribution < -0.4 is 13.7 Å². The zero-order valence-corrected chi connectivity index (χ0v) is 18.4. The van der Waals surface area contributed by atoms with Crippen LogP contribution in [-0.4, -0.2) is 30.5 Å². The fourth-order valence-corrected chi connectivity index (χ4v) is 3.62. The number of aromatic nitrogens is 3. The van der Waals surface area contributed by atoms with Crippen LogP contribution in [0.25, 0.3) is 11.6 Å². The van der Waals surface area contributed by atoms with Crippen LogP contribution in [0.2, 0.25) is 5.15 Å². The predicted molar refractivity (Wildman–Crippen MR) is 115 cm³/mol. The van der Waals surface area contributed by atoms with Gasteiger partial charge in [0.2, 0.25) is 11.6 Å². The van der Waals surface area contributed by atoms with Gasteiger partial charge in [0.15, 0.2) is 15.9 Å². The largest absolute Gasteiger partial charge is 0.497 e. The second-order valence-corrected chi connectivity index (χ2v) is 8.29. The highest BCUT2D eigenvalue weighted by molar-refractivity contribution is 7.87. The van der Waals surface area contributed by atoms with Gasteiger partial charge in [-0.1, -0.05) is 23.7 Å². The number of benzene rings is 1. The molecule has 0 unspecified atom stereocenters. The molecule has 0 spiro atoms. The van der Waals surface area contributed by atoms with Crippen LogP contribution in [0.3, 0.4) is 0 Å². The van der Waals surface area contributed by atoms with Crippen LogP contribution in [0.1, 0.15) is 5.56 Å². The summed E-state index contributed by atoms with van der Waals surface area (Å²) in [4.78, 5) is 12.2. The molecule has 3 heterocycles. The molecule has 164 valence electrons. The average Bonchev–Trinajstić information content (AvgIpc) is 3.31. The maximum atomic E-state index is 12.8. The van der Waals surface area contributed by atoms with Gasteiger partial charge in [-0.05, 0) is 42.8 Å². The molecular formula is C21H16ClN3O6S. The molecule has 0 radical (unpaired) electrons. The van der Waals surface area contributed by atoms with Crippen molar-refractivity contribution in [3.8, 4) is 34.7 Å². The normalized spacial score (nSPS) is 11.2. The van der Waals surface area contributed by atoms with Gasteiger partial charge in [0.1, 0.15) is 11.5 Å². The lowest BCUT2D eigenvalue weighted by molar-refractivity contribution is 0.402. The number of halogens is 1. The molecule has 9 nitrogen and oxygen atoms in total. The number of ether oxygens (including phenoxy) is 2. The van der Waals surface area contributed by atoms with E-state index in [0.29, 0.717) is 11.5 Å². The van der Waals surface area contributed by atoms with Gasteiger partial charge in [0, 0.05) is 12.3 Å². The van der Waals surface area contributed by atoms with Gasteiger partial charge in [-0.15, -0.1) is 0 Å². The standard InChI is InChI=1S/C21H16ClN3O6S/c1-13-8-9-17(23-12-13)32(26,27)31-21-18(30-15-6-3-5-14(11-15)28-2)19(22)24-20(25-21)16-7-4-10-29-16/h3-12H,1-2H3. The van der Waals surface area contributed by atoms with Gasteiger partial charge in [-0.3, -0.25) is 0 Å². The molecule has 0 saturated carbocycles. The molecule has 0 saturated heterocycles. The maximum Gasteiger partial charge on any atom is 0.358 e. The molecule has 0 bridgehead atoms. The first-order valence-corrected chi connectivity index (χ1v) is 10.9. The Kier molecular flexibility index (Phi) is 5.97. The van der Waals surface area contributed by atoms with E-state index >= 15 is 0 Å². The number of pyridine rings is 1. The smallest absolute Gasteiger partial charge is 0.358 e. The second-order valence-electron chi connectivity index (χ2n) is 6.44. The van der Waals surface area contributed by atoms with Gasteiger partial charge in [-0.25, -0.2) is 9.97 Å². The summed E-state index contributed by atoms with van der Waals surface area (Å²) >= 11 is 6.33. The van der Waals surface area contributed by atoms with Crippen molar-refractivity contribution in [1.82, 2.24) is 15.0 Å². The highest BCUT2D eigenvalue weighted by Gasteiger charge is 2.26. The number of hydrogen-bond donors (Lipinski definition) is 0. The fraction of sp³-hybridized carbons (Fsp3) is 0.0952. The Morgan fingerprint density at radius 1 is 1.03 bits per heavy atom. The van der Waals surface area contributed by atoms with Crippen molar-refractivity contribution in [2.45, 2.75) is 11.9 Å². The van der Waals surface area contributed by atoms with E-state index in [9.17, 15) is 8.42 Å². The summed E-state index contributed by atoms with van der Waals surface area (Å²) < 4.78 is 47.2. The van der Waals surface area contributed by atoms with Crippen LogP contribution >= 0.6 is 11.6 Å². The van der Waals surface area contributed by atoms with Crippen LogP contribution in [0.4, 0.5) is 0 Å². The van der Waals surface area contributed by atoms with Crippen LogP contribution in [0.15, 0.2) is 70.4 Å². The van der Waals surface area contributed by atoms with Crippen molar-refractivity contribution in [2.75, 3.05) is 7.11 Å². The lowest BCUT2D eigenvalue weighted by Crippen LogP contribution is -2.13. The lowest BCUT2D eigenvalue weighted by atomic mass is 10.3. The lowest BCUT2D eigenvalue weighted by Gasteiger charge is -2.13. The highest BCUT2D eigenvalue weighted by atomic mass is 35.5. The molecule has 1 aromatic carbocycles. The minimum atomic E-state index is -4.36. The molecule has 0 atom stereocenters. The topological polar surface area (TPSA) is 114 Å². The first kappa shape index (κ1) is 21.6. The predicted octanol–water partition coefficient (Wildman–Crippen LogP) is 4.66. The molecule has 11 heteroatoms. The number of nitrogens with zero attached hydrogens (tertiary/aromatic N) is 3. The first-order chi connectivity index (χ1) is 15.4. The quantitative estimate of drug-likeness (QED) is 0.279. The Balaban J connectivity index is 1.79. The molecule has 0 amide bonds. The Labute approximate surface area is 188 Å². The SMILES string of the molecule is COc1cccc(Oc2c(Cl)nc(-c3ccco3)nc2OS(=O)(=O)c2ccc(C)cn2)c1. The summed E-state index contributed by atoms with van der Waals surface area (Å²) in [6.45, 7) is 1.78. The number of hydrogen-bond acceptors (Lipinski definition) is 9. The molecule has 32 heavy (non-hydrogen) atoms. The van der Waals surface area contributed by atoms with E-state index in [4.69, 9.17) is 29.7 Å². The molecule has 0 fully saturated rings. The summed E-state index contributed by atoms with van der Waals surface area (Å²) in [6, 6.07) is 12.7. The van der Waals surface area contributed by atoms with Crippen LogP contribution in [-0.2, 0) is 10.1 Å². The van der Waals surface area contributed by atoms with Gasteiger partial charge in [0.05, 0.1) is 13.4 Å². The van der Waals surface area contributed by atoms with E-state index in [2.05, 4.69) is 15.0 Å². The van der Waals surface area contributed by atoms with Crippen LogP contribution in [0.5, 0.6) is 23.1 Å².